The van der Waals surface area contributed by atoms with Crippen LogP contribution in [0.4, 0.5) is 0 Å². The predicted molar refractivity (Wildman–Crippen MR) is 155 cm³/mol. The van der Waals surface area contributed by atoms with Gasteiger partial charge in [-0.15, -0.1) is 0 Å². The average Bonchev–Trinajstić information content (AvgIpc) is 2.84. The van der Waals surface area contributed by atoms with Gasteiger partial charge in [0.15, 0.2) is 11.5 Å². The fourth-order valence-electron chi connectivity index (χ4n) is 3.51. The van der Waals surface area contributed by atoms with E-state index < -0.39 is 0 Å². The Morgan fingerprint density at radius 2 is 1.83 bits per heavy atom. The number of rotatable bonds is 8. The molecule has 0 radical (unpaired) electrons. The molecular weight excluding hydrogens is 689 g/mol. The van der Waals surface area contributed by atoms with Crippen LogP contribution in [-0.2, 0) is 13.0 Å². The summed E-state index contributed by atoms with van der Waals surface area (Å²) in [5.41, 5.74) is 2.30. The maximum absolute atomic E-state index is 13.2. The highest BCUT2D eigenvalue weighted by molar-refractivity contribution is 14.1. The first-order chi connectivity index (χ1) is 16.9. The number of aryl methyl sites for hydroxylation is 1. The summed E-state index contributed by atoms with van der Waals surface area (Å²) >= 11 is 9.10. The Labute approximate surface area is 233 Å². The number of ether oxygens (including phenoxy) is 2. The number of nitrogens with zero attached hydrogens (tertiary/aromatic N) is 3. The van der Waals surface area contributed by atoms with E-state index in [2.05, 4.69) is 64.5 Å². The van der Waals surface area contributed by atoms with E-state index in [0.717, 1.165) is 30.1 Å². The Balaban J connectivity index is 1.66. The van der Waals surface area contributed by atoms with Crippen molar-refractivity contribution in [1.82, 2.24) is 9.66 Å². The Bertz CT molecular complexity index is 1450. The summed E-state index contributed by atoms with van der Waals surface area (Å²) in [5, 5.41) is 5.03. The summed E-state index contributed by atoms with van der Waals surface area (Å²) < 4.78 is 15.8. The van der Waals surface area contributed by atoms with Gasteiger partial charge in [-0.25, -0.2) is 4.98 Å². The molecule has 35 heavy (non-hydrogen) atoms. The van der Waals surface area contributed by atoms with E-state index in [1.54, 1.807) is 19.4 Å². The van der Waals surface area contributed by atoms with E-state index in [1.807, 2.05) is 55.5 Å². The Hall–Kier alpha value is -2.24. The predicted octanol–water partition coefficient (Wildman–Crippen LogP) is 6.95. The van der Waals surface area contributed by atoms with E-state index in [0.29, 0.717) is 41.3 Å². The zero-order chi connectivity index (χ0) is 24.9. The van der Waals surface area contributed by atoms with Gasteiger partial charge in [0.1, 0.15) is 12.4 Å². The lowest BCUT2D eigenvalue weighted by molar-refractivity contribution is 0.282. The van der Waals surface area contributed by atoms with Crippen molar-refractivity contribution in [2.24, 2.45) is 5.10 Å². The monoisotopic (exact) mass is 709 g/mol. The minimum Gasteiger partial charge on any atom is -0.493 e. The van der Waals surface area contributed by atoms with Gasteiger partial charge in [0, 0.05) is 15.4 Å². The van der Waals surface area contributed by atoms with Crippen molar-refractivity contribution < 1.29 is 9.47 Å². The zero-order valence-corrected chi connectivity index (χ0v) is 24.4. The molecule has 9 heteroatoms. The maximum Gasteiger partial charge on any atom is 0.282 e. The van der Waals surface area contributed by atoms with Gasteiger partial charge in [-0.2, -0.15) is 9.78 Å². The van der Waals surface area contributed by atoms with E-state index >= 15 is 0 Å². The molecule has 0 aliphatic carbocycles. The molecule has 0 aliphatic heterocycles. The molecule has 1 aromatic heterocycles. The topological polar surface area (TPSA) is 65.7 Å². The average molecular weight is 711 g/mol. The molecule has 4 rings (SSSR count). The first-order valence-corrected chi connectivity index (χ1v) is 13.6. The lowest BCUT2D eigenvalue weighted by Gasteiger charge is -2.14. The van der Waals surface area contributed by atoms with Crippen LogP contribution >= 0.6 is 54.5 Å². The van der Waals surface area contributed by atoms with Crippen molar-refractivity contribution in [2.75, 3.05) is 7.11 Å². The summed E-state index contributed by atoms with van der Waals surface area (Å²) in [7, 11) is 1.60. The molecule has 0 amide bonds. The van der Waals surface area contributed by atoms with Gasteiger partial charge in [0.25, 0.3) is 5.56 Å². The molecule has 1 heterocycles. The highest BCUT2D eigenvalue weighted by Crippen LogP contribution is 2.34. The van der Waals surface area contributed by atoms with Gasteiger partial charge < -0.3 is 9.47 Å². The summed E-state index contributed by atoms with van der Waals surface area (Å²) in [6, 6.07) is 17.3. The Morgan fingerprint density at radius 1 is 1.09 bits per heavy atom. The van der Waals surface area contributed by atoms with Crippen molar-refractivity contribution in [3.63, 3.8) is 0 Å². The number of hydrogen-bond donors (Lipinski definition) is 0. The van der Waals surface area contributed by atoms with Crippen molar-refractivity contribution >= 4 is 71.6 Å². The van der Waals surface area contributed by atoms with Crippen LogP contribution in [0.25, 0.3) is 10.9 Å². The highest BCUT2D eigenvalue weighted by Gasteiger charge is 2.13. The summed E-state index contributed by atoms with van der Waals surface area (Å²) in [4.78, 5) is 17.9. The molecule has 0 unspecified atom stereocenters. The highest BCUT2D eigenvalue weighted by atomic mass is 127. The molecule has 0 spiro atoms. The molecule has 6 nitrogen and oxygen atoms in total. The third-order valence-electron chi connectivity index (χ3n) is 5.22. The fraction of sp³-hybridized carbons (Fsp3) is 0.192. The molecule has 0 aliphatic rings. The number of fused-ring (bicyclic) bond motifs is 1. The molecule has 4 aromatic rings. The van der Waals surface area contributed by atoms with E-state index in [9.17, 15) is 4.79 Å². The first-order valence-electron chi connectivity index (χ1n) is 10.9. The van der Waals surface area contributed by atoms with Gasteiger partial charge >= 0.3 is 0 Å². The smallest absolute Gasteiger partial charge is 0.282 e. The van der Waals surface area contributed by atoms with Crippen LogP contribution in [0.3, 0.4) is 0 Å². The zero-order valence-electron chi connectivity index (χ0n) is 19.1. The molecule has 180 valence electrons. The van der Waals surface area contributed by atoms with Crippen LogP contribution in [0, 0.1) is 3.57 Å². The van der Waals surface area contributed by atoms with Gasteiger partial charge in [0.2, 0.25) is 0 Å². The largest absolute Gasteiger partial charge is 0.493 e. The first kappa shape index (κ1) is 25.8. The number of hydrogen-bond acceptors (Lipinski definition) is 5. The third-order valence-corrected chi connectivity index (χ3v) is 7.04. The fourth-order valence-corrected chi connectivity index (χ4v) is 4.92. The SMILES string of the molecule is CCCc1nc2ccc(Br)cc2c(=O)n1N=Cc1cc(I)c(OCc2ccc(Br)cc2)c(OC)c1. The van der Waals surface area contributed by atoms with Gasteiger partial charge in [-0.05, 0) is 82.6 Å². The molecule has 0 saturated heterocycles. The van der Waals surface area contributed by atoms with Gasteiger partial charge in [0.05, 0.1) is 27.8 Å². The second kappa shape index (κ2) is 11.7. The Morgan fingerprint density at radius 3 is 2.54 bits per heavy atom. The minimum atomic E-state index is -0.202. The van der Waals surface area contributed by atoms with Crippen molar-refractivity contribution in [2.45, 2.75) is 26.4 Å². The second-order valence-corrected chi connectivity index (χ2v) is 10.7. The van der Waals surface area contributed by atoms with Crippen LogP contribution in [-0.4, -0.2) is 23.0 Å². The maximum atomic E-state index is 13.2. The van der Waals surface area contributed by atoms with Crippen molar-refractivity contribution in [3.8, 4) is 11.5 Å². The third kappa shape index (κ3) is 6.13. The van der Waals surface area contributed by atoms with E-state index in [4.69, 9.17) is 9.47 Å². The van der Waals surface area contributed by atoms with E-state index in [1.165, 1.54) is 4.68 Å². The number of aromatic nitrogens is 2. The lowest BCUT2D eigenvalue weighted by Crippen LogP contribution is -2.22. The summed E-state index contributed by atoms with van der Waals surface area (Å²) in [6.45, 7) is 2.47. The minimum absolute atomic E-state index is 0.202. The van der Waals surface area contributed by atoms with Gasteiger partial charge in [-0.1, -0.05) is 50.9 Å². The van der Waals surface area contributed by atoms with Crippen LogP contribution in [0.5, 0.6) is 11.5 Å². The molecule has 0 bridgehead atoms. The van der Waals surface area contributed by atoms with Crippen molar-refractivity contribution in [1.29, 1.82) is 0 Å². The molecule has 3 aromatic carbocycles. The molecule has 0 saturated carbocycles. The van der Waals surface area contributed by atoms with Crippen molar-refractivity contribution in [3.05, 3.63) is 94.4 Å². The standard InChI is InChI=1S/C26H22Br2IN3O3/c1-3-4-24-31-22-10-9-19(28)13-20(22)26(33)32(24)30-14-17-11-21(29)25(23(12-17)34-2)35-15-16-5-7-18(27)8-6-16/h5-14H,3-4,15H2,1-2H3. The molecule has 0 N–H and O–H groups in total. The molecule has 0 fully saturated rings. The van der Waals surface area contributed by atoms with Crippen LogP contribution in [0.15, 0.2) is 73.4 Å². The quantitative estimate of drug-likeness (QED) is 0.147. The number of halogens is 3. The number of methoxy groups -OCH3 is 1. The van der Waals surface area contributed by atoms with Crippen LogP contribution < -0.4 is 15.0 Å². The van der Waals surface area contributed by atoms with Gasteiger partial charge in [-0.3, -0.25) is 4.79 Å². The number of benzene rings is 3. The van der Waals surface area contributed by atoms with Crippen LogP contribution in [0.2, 0.25) is 0 Å². The Kier molecular flexibility index (Phi) is 8.61. The normalized spacial score (nSPS) is 11.3. The van der Waals surface area contributed by atoms with E-state index in [-0.39, 0.29) is 5.56 Å². The summed E-state index contributed by atoms with van der Waals surface area (Å²) in [6.07, 6.45) is 3.14. The van der Waals surface area contributed by atoms with Crippen LogP contribution in [0.1, 0.15) is 30.3 Å². The summed E-state index contributed by atoms with van der Waals surface area (Å²) in [5.74, 6) is 1.88. The molecule has 0 atom stereocenters. The second-order valence-electron chi connectivity index (χ2n) is 7.75. The molecular formula is C26H22Br2IN3O3. The lowest BCUT2D eigenvalue weighted by atomic mass is 10.2.